The molecule has 2 heteroatoms. The smallest absolute Gasteiger partial charge is 0.162 e. The maximum absolute atomic E-state index is 13.3. The lowest BCUT2D eigenvalue weighted by atomic mass is 9.68. The van der Waals surface area contributed by atoms with Gasteiger partial charge in [0, 0.05) is 29.3 Å². The molecule has 0 spiro atoms. The molecule has 134 valence electrons. The predicted molar refractivity (Wildman–Crippen MR) is 111 cm³/mol. The minimum Gasteiger partial charge on any atom is -0.358 e. The van der Waals surface area contributed by atoms with E-state index in [1.165, 1.54) is 21.9 Å². The second-order valence-corrected chi connectivity index (χ2v) is 8.55. The summed E-state index contributed by atoms with van der Waals surface area (Å²) in [6.07, 6.45) is 1.51. The topological polar surface area (TPSA) is 29.1 Å². The number of carbonyl (C=O) groups is 1. The summed E-state index contributed by atoms with van der Waals surface area (Å²) in [6, 6.07) is 23.3. The van der Waals surface area contributed by atoms with Crippen molar-refractivity contribution in [1.29, 1.82) is 0 Å². The molecule has 0 saturated heterocycles. The molecular formula is C25H23NO. The Morgan fingerprint density at radius 3 is 2.44 bits per heavy atom. The molecule has 1 heterocycles. The zero-order valence-electron chi connectivity index (χ0n) is 15.8. The lowest BCUT2D eigenvalue weighted by Crippen LogP contribution is -2.33. The van der Waals surface area contributed by atoms with Crippen molar-refractivity contribution >= 4 is 22.2 Å². The van der Waals surface area contributed by atoms with Crippen LogP contribution in [-0.4, -0.2) is 5.78 Å². The molecule has 2 nitrogen and oxygen atoms in total. The molecule has 1 aliphatic heterocycles. The first-order valence-electron chi connectivity index (χ1n) is 9.63. The monoisotopic (exact) mass is 353 g/mol. The Balaban J connectivity index is 1.82. The summed E-state index contributed by atoms with van der Waals surface area (Å²) in [7, 11) is 0. The quantitative estimate of drug-likeness (QED) is 0.578. The van der Waals surface area contributed by atoms with Gasteiger partial charge in [-0.25, -0.2) is 0 Å². The van der Waals surface area contributed by atoms with Gasteiger partial charge in [0.2, 0.25) is 0 Å². The van der Waals surface area contributed by atoms with E-state index in [1.807, 2.05) is 6.07 Å². The number of allylic oxidation sites excluding steroid dienone is 2. The van der Waals surface area contributed by atoms with E-state index in [0.29, 0.717) is 6.42 Å². The van der Waals surface area contributed by atoms with Crippen molar-refractivity contribution in [1.82, 2.24) is 0 Å². The molecule has 5 rings (SSSR count). The van der Waals surface area contributed by atoms with E-state index < -0.39 is 0 Å². The van der Waals surface area contributed by atoms with Crippen molar-refractivity contribution in [2.75, 3.05) is 5.32 Å². The molecule has 0 saturated carbocycles. The van der Waals surface area contributed by atoms with Crippen LogP contribution in [0.3, 0.4) is 0 Å². The Kier molecular flexibility index (Phi) is 3.51. The van der Waals surface area contributed by atoms with Crippen LogP contribution in [0, 0.1) is 5.41 Å². The van der Waals surface area contributed by atoms with Gasteiger partial charge in [-0.3, -0.25) is 4.79 Å². The summed E-state index contributed by atoms with van der Waals surface area (Å²) >= 11 is 0. The molecule has 1 atom stereocenters. The molecule has 0 fully saturated rings. The molecule has 1 aliphatic carbocycles. The highest BCUT2D eigenvalue weighted by molar-refractivity contribution is 6.04. The third-order valence-electron chi connectivity index (χ3n) is 5.89. The Bertz CT molecular complexity index is 1090. The Morgan fingerprint density at radius 2 is 1.63 bits per heavy atom. The Labute approximate surface area is 159 Å². The summed E-state index contributed by atoms with van der Waals surface area (Å²) < 4.78 is 0. The van der Waals surface area contributed by atoms with Gasteiger partial charge >= 0.3 is 0 Å². The maximum atomic E-state index is 13.3. The summed E-state index contributed by atoms with van der Waals surface area (Å²) in [6.45, 7) is 4.37. The first kappa shape index (κ1) is 16.3. The first-order chi connectivity index (χ1) is 13.0. The Morgan fingerprint density at radius 1 is 0.889 bits per heavy atom. The van der Waals surface area contributed by atoms with Gasteiger partial charge in [-0.2, -0.15) is 0 Å². The van der Waals surface area contributed by atoms with E-state index in [-0.39, 0.29) is 17.1 Å². The van der Waals surface area contributed by atoms with Crippen LogP contribution in [0.25, 0.3) is 10.8 Å². The summed E-state index contributed by atoms with van der Waals surface area (Å²) in [5.74, 6) is 0.272. The number of benzene rings is 3. The van der Waals surface area contributed by atoms with Crippen LogP contribution in [-0.2, 0) is 4.79 Å². The van der Waals surface area contributed by atoms with Gasteiger partial charge in [0.05, 0.1) is 0 Å². The summed E-state index contributed by atoms with van der Waals surface area (Å²) in [5.41, 5.74) is 5.62. The van der Waals surface area contributed by atoms with Crippen molar-refractivity contribution in [3.8, 4) is 0 Å². The van der Waals surface area contributed by atoms with Crippen LogP contribution in [0.15, 0.2) is 78.0 Å². The van der Waals surface area contributed by atoms with E-state index >= 15 is 0 Å². The molecule has 3 aromatic carbocycles. The molecule has 27 heavy (non-hydrogen) atoms. The minimum absolute atomic E-state index is 0.00148. The van der Waals surface area contributed by atoms with Gasteiger partial charge in [0.1, 0.15) is 0 Å². The zero-order chi connectivity index (χ0) is 18.6. The third-order valence-corrected chi connectivity index (χ3v) is 5.89. The molecule has 0 radical (unpaired) electrons. The first-order valence-corrected chi connectivity index (χ1v) is 9.63. The number of ketones is 1. The van der Waals surface area contributed by atoms with Crippen LogP contribution >= 0.6 is 0 Å². The van der Waals surface area contributed by atoms with E-state index in [2.05, 4.69) is 79.8 Å². The van der Waals surface area contributed by atoms with Crippen molar-refractivity contribution in [2.24, 2.45) is 5.41 Å². The SMILES string of the molecule is CC1(C)CC(=O)C2=C(C1)Nc1ccc3ccccc3c1C2c1ccccc1. The number of rotatable bonds is 1. The molecule has 3 aromatic rings. The van der Waals surface area contributed by atoms with Gasteiger partial charge in [0.15, 0.2) is 5.78 Å². The highest BCUT2D eigenvalue weighted by Gasteiger charge is 2.41. The van der Waals surface area contributed by atoms with E-state index in [4.69, 9.17) is 0 Å². The van der Waals surface area contributed by atoms with Gasteiger partial charge < -0.3 is 5.32 Å². The maximum Gasteiger partial charge on any atom is 0.162 e. The summed E-state index contributed by atoms with van der Waals surface area (Å²) in [4.78, 5) is 13.3. The fourth-order valence-electron chi connectivity index (χ4n) is 4.78. The average molecular weight is 353 g/mol. The normalized spacial score (nSPS) is 20.8. The van der Waals surface area contributed by atoms with Crippen LogP contribution < -0.4 is 5.32 Å². The fraction of sp³-hybridized carbons (Fsp3) is 0.240. The average Bonchev–Trinajstić information content (AvgIpc) is 2.66. The van der Waals surface area contributed by atoms with Gasteiger partial charge in [-0.15, -0.1) is 0 Å². The molecule has 0 amide bonds. The largest absolute Gasteiger partial charge is 0.358 e. The van der Waals surface area contributed by atoms with Crippen molar-refractivity contribution < 1.29 is 4.79 Å². The summed E-state index contributed by atoms with van der Waals surface area (Å²) in [5, 5.41) is 6.07. The number of fused-ring (bicyclic) bond motifs is 3. The lowest BCUT2D eigenvalue weighted by Gasteiger charge is -2.40. The molecule has 0 bridgehead atoms. The third kappa shape index (κ3) is 2.59. The Hall–Kier alpha value is -2.87. The van der Waals surface area contributed by atoms with E-state index in [0.717, 1.165) is 23.4 Å². The van der Waals surface area contributed by atoms with Crippen molar-refractivity contribution in [3.05, 3.63) is 89.1 Å². The van der Waals surface area contributed by atoms with Gasteiger partial charge in [0.25, 0.3) is 0 Å². The second-order valence-electron chi connectivity index (χ2n) is 8.55. The van der Waals surface area contributed by atoms with Crippen molar-refractivity contribution in [2.45, 2.75) is 32.6 Å². The molecule has 1 unspecified atom stereocenters. The van der Waals surface area contributed by atoms with Crippen LogP contribution in [0.1, 0.15) is 43.7 Å². The number of anilines is 1. The molecule has 2 aliphatic rings. The molecule has 0 aromatic heterocycles. The van der Waals surface area contributed by atoms with Gasteiger partial charge in [-0.1, -0.05) is 74.5 Å². The lowest BCUT2D eigenvalue weighted by molar-refractivity contribution is -0.118. The molecular weight excluding hydrogens is 330 g/mol. The highest BCUT2D eigenvalue weighted by Crippen LogP contribution is 2.50. The zero-order valence-corrected chi connectivity index (χ0v) is 15.8. The minimum atomic E-state index is -0.00727. The number of Topliss-reactive ketones (excluding diaryl/α,β-unsaturated/α-hetero) is 1. The number of carbonyl (C=O) groups excluding carboxylic acids is 1. The number of hydrogen-bond donors (Lipinski definition) is 1. The van der Waals surface area contributed by atoms with E-state index in [9.17, 15) is 4.79 Å². The number of hydrogen-bond acceptors (Lipinski definition) is 2. The van der Waals surface area contributed by atoms with Gasteiger partial charge in [-0.05, 0) is 39.8 Å². The fourth-order valence-corrected chi connectivity index (χ4v) is 4.78. The van der Waals surface area contributed by atoms with Crippen LogP contribution in [0.4, 0.5) is 5.69 Å². The van der Waals surface area contributed by atoms with Crippen LogP contribution in [0.2, 0.25) is 0 Å². The van der Waals surface area contributed by atoms with Crippen LogP contribution in [0.5, 0.6) is 0 Å². The van der Waals surface area contributed by atoms with E-state index in [1.54, 1.807) is 0 Å². The standard InChI is InChI=1S/C25H23NO/c1-25(2)14-20-24(21(27)15-25)22(17-9-4-3-5-10-17)23-18-11-7-6-8-16(18)12-13-19(23)26-20/h3-13,22,26H,14-15H2,1-2H3. The second kappa shape index (κ2) is 5.82. The highest BCUT2D eigenvalue weighted by atomic mass is 16.1. The predicted octanol–water partition coefficient (Wildman–Crippen LogP) is 6.04. The molecule has 1 N–H and O–H groups in total. The number of nitrogens with one attached hydrogen (secondary N) is 1. The van der Waals surface area contributed by atoms with Crippen molar-refractivity contribution in [3.63, 3.8) is 0 Å².